The summed E-state index contributed by atoms with van der Waals surface area (Å²) >= 11 is 5.48. The Morgan fingerprint density at radius 2 is 2.36 bits per heavy atom. The van der Waals surface area contributed by atoms with E-state index >= 15 is 0 Å². The quantitative estimate of drug-likeness (QED) is 0.669. The molecule has 3 rings (SSSR count). The van der Waals surface area contributed by atoms with E-state index < -0.39 is 0 Å². The topological polar surface area (TPSA) is 53.2 Å². The smallest absolute Gasteiger partial charge is 0.169 e. The van der Waals surface area contributed by atoms with Gasteiger partial charge in [0.15, 0.2) is 5.11 Å². The first-order valence-electron chi connectivity index (χ1n) is 7.74. The molecule has 22 heavy (non-hydrogen) atoms. The zero-order chi connectivity index (χ0) is 15.4. The largest absolute Gasteiger partial charge is 0.383 e. The van der Waals surface area contributed by atoms with Crippen molar-refractivity contribution in [2.24, 2.45) is 0 Å². The summed E-state index contributed by atoms with van der Waals surface area (Å²) in [6, 6.07) is 8.18. The van der Waals surface area contributed by atoms with E-state index in [0.717, 1.165) is 54.4 Å². The monoisotopic (exact) mass is 318 g/mol. The van der Waals surface area contributed by atoms with Gasteiger partial charge in [0.25, 0.3) is 0 Å². The molecule has 0 amide bonds. The number of imidazole rings is 1. The number of ether oxygens (including phenoxy) is 1. The number of rotatable bonds is 4. The first-order valence-corrected chi connectivity index (χ1v) is 8.15. The number of para-hydroxylation sites is 2. The summed E-state index contributed by atoms with van der Waals surface area (Å²) in [6.07, 6.45) is 2.28. The Balaban J connectivity index is 1.66. The second kappa shape index (κ2) is 7.07. The molecule has 2 N–H and O–H groups in total. The molecule has 1 atom stereocenters. The highest BCUT2D eigenvalue weighted by Gasteiger charge is 2.25. The molecule has 0 aliphatic carbocycles. The van der Waals surface area contributed by atoms with Crippen LogP contribution in [-0.2, 0) is 4.74 Å². The standard InChI is InChI=1S/C16H22N4OS/c1-21-10-8-17-16(22)20-9-4-5-12(11-20)15-18-13-6-2-3-7-14(13)19-15/h2-3,6-7,12H,4-5,8-11H2,1H3,(H,17,22)(H,18,19). The number of aromatic amines is 1. The van der Waals surface area contributed by atoms with Crippen molar-refractivity contribution in [1.29, 1.82) is 0 Å². The van der Waals surface area contributed by atoms with E-state index in [4.69, 9.17) is 21.9 Å². The van der Waals surface area contributed by atoms with Crippen LogP contribution >= 0.6 is 12.2 Å². The van der Waals surface area contributed by atoms with E-state index in [0.29, 0.717) is 12.5 Å². The molecule has 0 bridgehead atoms. The highest BCUT2D eigenvalue weighted by molar-refractivity contribution is 7.80. The summed E-state index contributed by atoms with van der Waals surface area (Å²) in [5.74, 6) is 1.48. The minimum absolute atomic E-state index is 0.406. The Morgan fingerprint density at radius 1 is 1.50 bits per heavy atom. The third-order valence-corrected chi connectivity index (χ3v) is 4.49. The van der Waals surface area contributed by atoms with Gasteiger partial charge < -0.3 is 19.9 Å². The predicted octanol–water partition coefficient (Wildman–Crippen LogP) is 2.26. The highest BCUT2D eigenvalue weighted by Crippen LogP contribution is 2.26. The van der Waals surface area contributed by atoms with Crippen molar-refractivity contribution in [3.05, 3.63) is 30.1 Å². The van der Waals surface area contributed by atoms with E-state index in [1.807, 2.05) is 18.2 Å². The number of piperidine rings is 1. The molecule has 0 saturated carbocycles. The molecule has 2 heterocycles. The number of hydrogen-bond acceptors (Lipinski definition) is 3. The fourth-order valence-corrected chi connectivity index (χ4v) is 3.19. The zero-order valence-corrected chi connectivity index (χ0v) is 13.7. The van der Waals surface area contributed by atoms with Crippen LogP contribution in [0.15, 0.2) is 24.3 Å². The van der Waals surface area contributed by atoms with E-state index in [9.17, 15) is 0 Å². The van der Waals surface area contributed by atoms with Crippen LogP contribution in [0.1, 0.15) is 24.6 Å². The lowest BCUT2D eigenvalue weighted by Crippen LogP contribution is -2.45. The van der Waals surface area contributed by atoms with Gasteiger partial charge in [0.1, 0.15) is 5.82 Å². The summed E-state index contributed by atoms with van der Waals surface area (Å²) in [6.45, 7) is 3.34. The second-order valence-electron chi connectivity index (χ2n) is 5.65. The molecule has 6 heteroatoms. The molecule has 118 valence electrons. The number of methoxy groups -OCH3 is 1. The lowest BCUT2D eigenvalue weighted by Gasteiger charge is -2.33. The van der Waals surface area contributed by atoms with Crippen LogP contribution in [0.3, 0.4) is 0 Å². The Morgan fingerprint density at radius 3 is 3.18 bits per heavy atom. The number of H-pyrrole nitrogens is 1. The number of fused-ring (bicyclic) bond motifs is 1. The Bertz CT molecular complexity index is 609. The molecule has 0 radical (unpaired) electrons. The first-order chi connectivity index (χ1) is 10.8. The van der Waals surface area contributed by atoms with E-state index in [2.05, 4.69) is 21.3 Å². The van der Waals surface area contributed by atoms with Crippen molar-refractivity contribution in [1.82, 2.24) is 20.2 Å². The molecule has 1 saturated heterocycles. The summed E-state index contributed by atoms with van der Waals surface area (Å²) < 4.78 is 5.05. The normalized spacial score (nSPS) is 18.6. The van der Waals surface area contributed by atoms with Crippen LogP contribution in [-0.4, -0.2) is 53.3 Å². The van der Waals surface area contributed by atoms with Gasteiger partial charge >= 0.3 is 0 Å². The molecule has 1 aromatic carbocycles. The van der Waals surface area contributed by atoms with Crippen LogP contribution in [0.25, 0.3) is 11.0 Å². The van der Waals surface area contributed by atoms with Crippen LogP contribution < -0.4 is 5.32 Å². The first kappa shape index (κ1) is 15.2. The van der Waals surface area contributed by atoms with Crippen LogP contribution in [0, 0.1) is 0 Å². The minimum Gasteiger partial charge on any atom is -0.383 e. The van der Waals surface area contributed by atoms with Crippen molar-refractivity contribution in [3.63, 3.8) is 0 Å². The van der Waals surface area contributed by atoms with Crippen molar-refractivity contribution in [2.45, 2.75) is 18.8 Å². The maximum Gasteiger partial charge on any atom is 0.169 e. The van der Waals surface area contributed by atoms with Gasteiger partial charge in [-0.1, -0.05) is 12.1 Å². The zero-order valence-electron chi connectivity index (χ0n) is 12.8. The average molecular weight is 318 g/mol. The number of thiocarbonyl (C=S) groups is 1. The molecule has 5 nitrogen and oxygen atoms in total. The van der Waals surface area contributed by atoms with Crippen LogP contribution in [0.5, 0.6) is 0 Å². The predicted molar refractivity (Wildman–Crippen MR) is 92.1 cm³/mol. The van der Waals surface area contributed by atoms with E-state index in [1.165, 1.54) is 0 Å². The van der Waals surface area contributed by atoms with Crippen LogP contribution in [0.4, 0.5) is 0 Å². The van der Waals surface area contributed by atoms with Crippen molar-refractivity contribution in [2.75, 3.05) is 33.4 Å². The molecule has 1 fully saturated rings. The van der Waals surface area contributed by atoms with Gasteiger partial charge in [-0.3, -0.25) is 0 Å². The third-order valence-electron chi connectivity index (χ3n) is 4.09. The molecule has 1 aliphatic rings. The van der Waals surface area contributed by atoms with Gasteiger partial charge in [0, 0.05) is 32.7 Å². The molecular formula is C16H22N4OS. The molecule has 2 aromatic rings. The summed E-state index contributed by atoms with van der Waals surface area (Å²) in [5.41, 5.74) is 2.14. The number of aromatic nitrogens is 2. The molecule has 1 unspecified atom stereocenters. The lowest BCUT2D eigenvalue weighted by molar-refractivity contribution is 0.202. The number of likely N-dealkylation sites (tertiary alicyclic amines) is 1. The van der Waals surface area contributed by atoms with Gasteiger partial charge in [0.2, 0.25) is 0 Å². The number of nitrogens with one attached hydrogen (secondary N) is 2. The fourth-order valence-electron chi connectivity index (χ4n) is 2.92. The Kier molecular flexibility index (Phi) is 4.90. The molecular weight excluding hydrogens is 296 g/mol. The number of nitrogens with zero attached hydrogens (tertiary/aromatic N) is 2. The lowest BCUT2D eigenvalue weighted by atomic mass is 9.98. The van der Waals surface area contributed by atoms with E-state index in [-0.39, 0.29) is 0 Å². The summed E-state index contributed by atoms with van der Waals surface area (Å²) in [5, 5.41) is 4.07. The van der Waals surface area contributed by atoms with Crippen LogP contribution in [0.2, 0.25) is 0 Å². The number of benzene rings is 1. The number of hydrogen-bond donors (Lipinski definition) is 2. The highest BCUT2D eigenvalue weighted by atomic mass is 32.1. The van der Waals surface area contributed by atoms with Crippen molar-refractivity contribution in [3.8, 4) is 0 Å². The molecule has 1 aliphatic heterocycles. The maximum absolute atomic E-state index is 5.48. The van der Waals surface area contributed by atoms with Gasteiger partial charge in [-0.05, 0) is 37.2 Å². The average Bonchev–Trinajstić information content (AvgIpc) is 2.99. The molecule has 1 aromatic heterocycles. The fraction of sp³-hybridized carbons (Fsp3) is 0.500. The second-order valence-corrected chi connectivity index (χ2v) is 6.04. The van der Waals surface area contributed by atoms with Gasteiger partial charge in [0.05, 0.1) is 17.6 Å². The maximum atomic E-state index is 5.48. The Hall–Kier alpha value is -1.66. The van der Waals surface area contributed by atoms with Gasteiger partial charge in [-0.15, -0.1) is 0 Å². The van der Waals surface area contributed by atoms with Crippen molar-refractivity contribution >= 4 is 28.4 Å². The summed E-state index contributed by atoms with van der Waals surface area (Å²) in [7, 11) is 1.70. The summed E-state index contributed by atoms with van der Waals surface area (Å²) in [4.78, 5) is 10.4. The minimum atomic E-state index is 0.406. The van der Waals surface area contributed by atoms with E-state index in [1.54, 1.807) is 7.11 Å². The SMILES string of the molecule is COCCNC(=S)N1CCCC(c2nc3ccccc3[nH]2)C1. The van der Waals surface area contributed by atoms with Gasteiger partial charge in [-0.2, -0.15) is 0 Å². The third kappa shape index (κ3) is 3.39. The van der Waals surface area contributed by atoms with Crippen molar-refractivity contribution < 1.29 is 4.74 Å². The molecule has 0 spiro atoms. The van der Waals surface area contributed by atoms with Gasteiger partial charge in [-0.25, -0.2) is 4.98 Å². The Labute approximate surface area is 136 Å².